The van der Waals surface area contributed by atoms with Gasteiger partial charge in [0.2, 0.25) is 0 Å². The van der Waals surface area contributed by atoms with Gasteiger partial charge in [-0.2, -0.15) is 0 Å². The molecule has 0 bridgehead atoms. The lowest BCUT2D eigenvalue weighted by atomic mass is 9.79. The van der Waals surface area contributed by atoms with Gasteiger partial charge in [0.25, 0.3) is 0 Å². The summed E-state index contributed by atoms with van der Waals surface area (Å²) < 4.78 is 13.8. The average molecular weight is 314 g/mol. The summed E-state index contributed by atoms with van der Waals surface area (Å²) in [6, 6.07) is 5.37. The van der Waals surface area contributed by atoms with Gasteiger partial charge in [-0.15, -0.1) is 0 Å². The van der Waals surface area contributed by atoms with Crippen molar-refractivity contribution in [2.24, 2.45) is 11.8 Å². The third-order valence-corrected chi connectivity index (χ3v) is 4.66. The summed E-state index contributed by atoms with van der Waals surface area (Å²) >= 11 is 3.41. The number of halogens is 2. The summed E-state index contributed by atoms with van der Waals surface area (Å²) in [5.74, 6) is 1.47. The fraction of sp³-hybridized carbons (Fsp3) is 0.600. The molecule has 1 aliphatic carbocycles. The molecule has 1 aliphatic rings. The van der Waals surface area contributed by atoms with E-state index < -0.39 is 0 Å². The van der Waals surface area contributed by atoms with Crippen LogP contribution in [0, 0.1) is 17.7 Å². The van der Waals surface area contributed by atoms with Gasteiger partial charge in [-0.25, -0.2) is 4.39 Å². The molecule has 18 heavy (non-hydrogen) atoms. The van der Waals surface area contributed by atoms with Gasteiger partial charge in [-0.05, 0) is 71.6 Å². The highest BCUT2D eigenvalue weighted by Gasteiger charge is 2.23. The maximum atomic E-state index is 13.0. The predicted octanol–water partition coefficient (Wildman–Crippen LogP) is 5.21. The molecule has 2 rings (SSSR count). The molecule has 1 fully saturated rings. The second-order valence-corrected chi connectivity index (χ2v) is 6.48. The highest BCUT2D eigenvalue weighted by atomic mass is 79.9. The Morgan fingerprint density at radius 1 is 1.22 bits per heavy atom. The van der Waals surface area contributed by atoms with Gasteiger partial charge in [-0.1, -0.05) is 13.8 Å². The molecule has 0 unspecified atom stereocenters. The van der Waals surface area contributed by atoms with Crippen molar-refractivity contribution in [3.8, 4) is 0 Å². The van der Waals surface area contributed by atoms with Gasteiger partial charge in [0, 0.05) is 16.2 Å². The Kier molecular flexibility index (Phi) is 4.66. The maximum Gasteiger partial charge on any atom is 0.124 e. The molecule has 1 saturated carbocycles. The van der Waals surface area contributed by atoms with E-state index in [1.807, 2.05) is 6.07 Å². The minimum Gasteiger partial charge on any atom is -0.381 e. The van der Waals surface area contributed by atoms with E-state index in [9.17, 15) is 4.39 Å². The lowest BCUT2D eigenvalue weighted by molar-refractivity contribution is 0.267. The van der Waals surface area contributed by atoms with E-state index in [1.165, 1.54) is 37.8 Å². The lowest BCUT2D eigenvalue weighted by Crippen LogP contribution is -2.28. The first-order chi connectivity index (χ1) is 8.56. The van der Waals surface area contributed by atoms with Crippen LogP contribution in [0.1, 0.15) is 39.5 Å². The second kappa shape index (κ2) is 6.05. The van der Waals surface area contributed by atoms with Crippen LogP contribution >= 0.6 is 15.9 Å². The molecule has 0 heterocycles. The summed E-state index contributed by atoms with van der Waals surface area (Å²) in [5.41, 5.74) is 1.00. The zero-order valence-electron chi connectivity index (χ0n) is 11.0. The molecular weight excluding hydrogens is 293 g/mol. The predicted molar refractivity (Wildman–Crippen MR) is 78.3 cm³/mol. The Hall–Kier alpha value is -0.570. The van der Waals surface area contributed by atoms with Crippen molar-refractivity contribution in [1.82, 2.24) is 0 Å². The number of benzene rings is 1. The smallest absolute Gasteiger partial charge is 0.124 e. The van der Waals surface area contributed by atoms with Crippen molar-refractivity contribution in [3.05, 3.63) is 28.5 Å². The number of nitrogens with one attached hydrogen (secondary N) is 1. The Morgan fingerprint density at radius 2 is 1.89 bits per heavy atom. The van der Waals surface area contributed by atoms with Crippen LogP contribution in [0.2, 0.25) is 0 Å². The largest absolute Gasteiger partial charge is 0.381 e. The summed E-state index contributed by atoms with van der Waals surface area (Å²) in [6.45, 7) is 4.63. The zero-order chi connectivity index (χ0) is 13.1. The molecule has 1 nitrogen and oxygen atoms in total. The van der Waals surface area contributed by atoms with Crippen molar-refractivity contribution < 1.29 is 4.39 Å². The molecule has 0 amide bonds. The first-order valence-corrected chi connectivity index (χ1v) is 7.57. The third kappa shape index (κ3) is 3.47. The fourth-order valence-corrected chi connectivity index (χ4v) is 3.22. The standard InChI is InChI=1S/C15H21BrFN/c1-10(2)11-3-6-13(7-4-11)18-15-8-5-12(17)9-14(15)16/h5,8-11,13,18H,3-4,6-7H2,1-2H3. The summed E-state index contributed by atoms with van der Waals surface area (Å²) in [4.78, 5) is 0. The van der Waals surface area contributed by atoms with E-state index in [0.29, 0.717) is 6.04 Å². The average Bonchev–Trinajstić information content (AvgIpc) is 2.33. The summed E-state index contributed by atoms with van der Waals surface area (Å²) in [7, 11) is 0. The van der Waals surface area contributed by atoms with Crippen molar-refractivity contribution in [3.63, 3.8) is 0 Å². The third-order valence-electron chi connectivity index (χ3n) is 4.01. The Labute approximate surface area is 117 Å². The molecule has 3 heteroatoms. The van der Waals surface area contributed by atoms with E-state index in [2.05, 4.69) is 35.1 Å². The Bertz CT molecular complexity index is 397. The van der Waals surface area contributed by atoms with Crippen LogP contribution in [-0.2, 0) is 0 Å². The van der Waals surface area contributed by atoms with E-state index in [-0.39, 0.29) is 5.82 Å². The Morgan fingerprint density at radius 3 is 2.44 bits per heavy atom. The van der Waals surface area contributed by atoms with E-state index in [4.69, 9.17) is 0 Å². The van der Waals surface area contributed by atoms with Crippen molar-refractivity contribution in [2.45, 2.75) is 45.6 Å². The van der Waals surface area contributed by atoms with Gasteiger partial charge in [0.15, 0.2) is 0 Å². The normalized spacial score (nSPS) is 24.3. The fourth-order valence-electron chi connectivity index (χ4n) is 2.76. The minimum atomic E-state index is -0.198. The summed E-state index contributed by atoms with van der Waals surface area (Å²) in [5, 5.41) is 3.52. The van der Waals surface area contributed by atoms with Crippen LogP contribution in [0.15, 0.2) is 22.7 Å². The van der Waals surface area contributed by atoms with Crippen LogP contribution in [0.4, 0.5) is 10.1 Å². The van der Waals surface area contributed by atoms with Crippen molar-refractivity contribution >= 4 is 21.6 Å². The van der Waals surface area contributed by atoms with Gasteiger partial charge in [0.05, 0.1) is 0 Å². The van der Waals surface area contributed by atoms with Crippen LogP contribution < -0.4 is 5.32 Å². The highest BCUT2D eigenvalue weighted by Crippen LogP contribution is 2.32. The number of rotatable bonds is 3. The van der Waals surface area contributed by atoms with Gasteiger partial charge < -0.3 is 5.32 Å². The number of hydrogen-bond donors (Lipinski definition) is 1. The minimum absolute atomic E-state index is 0.198. The molecular formula is C15H21BrFN. The van der Waals surface area contributed by atoms with Gasteiger partial charge in [0.1, 0.15) is 5.82 Å². The first kappa shape index (κ1) is 13.9. The van der Waals surface area contributed by atoms with Gasteiger partial charge >= 0.3 is 0 Å². The zero-order valence-corrected chi connectivity index (χ0v) is 12.6. The maximum absolute atomic E-state index is 13.0. The number of anilines is 1. The molecule has 0 spiro atoms. The Balaban J connectivity index is 1.91. The van der Waals surface area contributed by atoms with E-state index in [1.54, 1.807) is 0 Å². The van der Waals surface area contributed by atoms with Crippen LogP contribution in [0.25, 0.3) is 0 Å². The van der Waals surface area contributed by atoms with E-state index in [0.717, 1.165) is 22.0 Å². The molecule has 0 atom stereocenters. The quantitative estimate of drug-likeness (QED) is 0.807. The molecule has 0 saturated heterocycles. The molecule has 0 aliphatic heterocycles. The van der Waals surface area contributed by atoms with E-state index >= 15 is 0 Å². The van der Waals surface area contributed by atoms with Gasteiger partial charge in [-0.3, -0.25) is 0 Å². The lowest BCUT2D eigenvalue weighted by Gasteiger charge is -2.32. The molecule has 100 valence electrons. The second-order valence-electron chi connectivity index (χ2n) is 5.62. The molecule has 0 aromatic heterocycles. The molecule has 1 aromatic rings. The SMILES string of the molecule is CC(C)C1CCC(Nc2ccc(F)cc2Br)CC1. The van der Waals surface area contributed by atoms with Crippen LogP contribution in [-0.4, -0.2) is 6.04 Å². The monoisotopic (exact) mass is 313 g/mol. The molecule has 1 aromatic carbocycles. The number of hydrogen-bond acceptors (Lipinski definition) is 1. The summed E-state index contributed by atoms with van der Waals surface area (Å²) in [6.07, 6.45) is 5.03. The van der Waals surface area contributed by atoms with Crippen molar-refractivity contribution in [2.75, 3.05) is 5.32 Å². The first-order valence-electron chi connectivity index (χ1n) is 6.78. The topological polar surface area (TPSA) is 12.0 Å². The molecule has 0 radical (unpaired) electrons. The van der Waals surface area contributed by atoms with Crippen LogP contribution in [0.3, 0.4) is 0 Å². The molecule has 1 N–H and O–H groups in total. The van der Waals surface area contributed by atoms with Crippen molar-refractivity contribution in [1.29, 1.82) is 0 Å². The van der Waals surface area contributed by atoms with Crippen LogP contribution in [0.5, 0.6) is 0 Å². The highest BCUT2D eigenvalue weighted by molar-refractivity contribution is 9.10.